The fourth-order valence-corrected chi connectivity index (χ4v) is 3.31. The molecule has 0 saturated carbocycles. The Balaban J connectivity index is 2.02. The highest BCUT2D eigenvalue weighted by atomic mass is 16.5. The second-order valence-corrected chi connectivity index (χ2v) is 5.71. The molecule has 5 nitrogen and oxygen atoms in total. The van der Waals surface area contributed by atoms with Crippen molar-refractivity contribution in [3.63, 3.8) is 0 Å². The number of carbonyl (C=O) groups excluding carboxylic acids is 1. The van der Waals surface area contributed by atoms with Gasteiger partial charge in [0.25, 0.3) is 0 Å². The van der Waals surface area contributed by atoms with Gasteiger partial charge in [-0.2, -0.15) is 0 Å². The van der Waals surface area contributed by atoms with Crippen molar-refractivity contribution < 1.29 is 19.0 Å². The number of para-hydroxylation sites is 1. The molecule has 5 heteroatoms. The van der Waals surface area contributed by atoms with Crippen molar-refractivity contribution in [2.75, 3.05) is 33.3 Å². The van der Waals surface area contributed by atoms with Crippen molar-refractivity contribution >= 4 is 11.6 Å². The number of anilines is 1. The topological polar surface area (TPSA) is 48.0 Å². The summed E-state index contributed by atoms with van der Waals surface area (Å²) in [4.78, 5) is 14.4. The number of hydrogen-bond acceptors (Lipinski definition) is 4. The lowest BCUT2D eigenvalue weighted by Crippen LogP contribution is -2.25. The van der Waals surface area contributed by atoms with Gasteiger partial charge < -0.3 is 19.1 Å². The molecule has 1 heterocycles. The van der Waals surface area contributed by atoms with Crippen LogP contribution < -0.4 is 19.1 Å². The molecule has 0 N–H and O–H groups in total. The molecule has 2 aromatic carbocycles. The summed E-state index contributed by atoms with van der Waals surface area (Å²) in [7, 11) is 6.57. The Bertz CT molecular complexity index is 772. The maximum absolute atomic E-state index is 12.7. The molecule has 3 rings (SSSR count). The molecule has 1 aliphatic rings. The summed E-state index contributed by atoms with van der Waals surface area (Å²) >= 11 is 0. The predicted octanol–water partition coefficient (Wildman–Crippen LogP) is 3.02. The first-order valence-corrected chi connectivity index (χ1v) is 7.76. The molecular weight excluding hydrogens is 306 g/mol. The SMILES string of the molecule is COc1ccc(C[C@@H]2C(=O)N(C)c3ccccc32)c(OC)c1OC. The van der Waals surface area contributed by atoms with Gasteiger partial charge >= 0.3 is 0 Å². The largest absolute Gasteiger partial charge is 0.493 e. The highest BCUT2D eigenvalue weighted by Gasteiger charge is 2.35. The second kappa shape index (κ2) is 6.43. The Morgan fingerprint density at radius 3 is 2.33 bits per heavy atom. The molecule has 0 saturated heterocycles. The maximum atomic E-state index is 12.7. The third kappa shape index (κ3) is 2.46. The summed E-state index contributed by atoms with van der Waals surface area (Å²) in [6.07, 6.45) is 0.545. The van der Waals surface area contributed by atoms with Crippen molar-refractivity contribution in [2.45, 2.75) is 12.3 Å². The van der Waals surface area contributed by atoms with E-state index in [1.54, 1.807) is 26.2 Å². The van der Waals surface area contributed by atoms with Crippen molar-refractivity contribution in [3.05, 3.63) is 47.5 Å². The third-order valence-electron chi connectivity index (χ3n) is 4.51. The zero-order chi connectivity index (χ0) is 17.3. The molecule has 0 fully saturated rings. The van der Waals surface area contributed by atoms with E-state index in [1.165, 1.54) is 0 Å². The number of benzene rings is 2. The van der Waals surface area contributed by atoms with E-state index in [0.717, 1.165) is 16.8 Å². The van der Waals surface area contributed by atoms with Gasteiger partial charge in [0.1, 0.15) is 0 Å². The molecule has 0 unspecified atom stereocenters. The van der Waals surface area contributed by atoms with Crippen LogP contribution in [-0.4, -0.2) is 34.3 Å². The Kier molecular flexibility index (Phi) is 4.34. The number of nitrogens with zero attached hydrogens (tertiary/aromatic N) is 1. The van der Waals surface area contributed by atoms with Crippen molar-refractivity contribution in [1.29, 1.82) is 0 Å². The van der Waals surface area contributed by atoms with Crippen LogP contribution in [0.25, 0.3) is 0 Å². The van der Waals surface area contributed by atoms with E-state index in [9.17, 15) is 4.79 Å². The third-order valence-corrected chi connectivity index (χ3v) is 4.51. The molecule has 1 amide bonds. The Hall–Kier alpha value is -2.69. The minimum absolute atomic E-state index is 0.0908. The van der Waals surface area contributed by atoms with Crippen LogP contribution in [-0.2, 0) is 11.2 Å². The molecule has 0 bridgehead atoms. The number of ether oxygens (including phenoxy) is 3. The highest BCUT2D eigenvalue weighted by molar-refractivity contribution is 6.04. The molecule has 0 aromatic heterocycles. The summed E-state index contributed by atoms with van der Waals surface area (Å²) in [6.45, 7) is 0. The number of rotatable bonds is 5. The zero-order valence-electron chi connectivity index (χ0n) is 14.3. The van der Waals surface area contributed by atoms with Crippen LogP contribution in [0.1, 0.15) is 17.0 Å². The van der Waals surface area contributed by atoms with Gasteiger partial charge in [-0.15, -0.1) is 0 Å². The van der Waals surface area contributed by atoms with E-state index in [-0.39, 0.29) is 11.8 Å². The number of hydrogen-bond donors (Lipinski definition) is 0. The van der Waals surface area contributed by atoms with Gasteiger partial charge in [-0.3, -0.25) is 4.79 Å². The first-order chi connectivity index (χ1) is 11.6. The number of fused-ring (bicyclic) bond motifs is 1. The van der Waals surface area contributed by atoms with E-state index in [4.69, 9.17) is 14.2 Å². The average molecular weight is 327 g/mol. The Morgan fingerprint density at radius 1 is 0.958 bits per heavy atom. The quantitative estimate of drug-likeness (QED) is 0.847. The minimum Gasteiger partial charge on any atom is -0.493 e. The van der Waals surface area contributed by atoms with Crippen LogP contribution in [0.3, 0.4) is 0 Å². The number of likely N-dealkylation sites (N-methyl/N-ethyl adjacent to an activating group) is 1. The summed E-state index contributed by atoms with van der Waals surface area (Å²) < 4.78 is 16.3. The van der Waals surface area contributed by atoms with Crippen molar-refractivity contribution in [2.24, 2.45) is 0 Å². The summed E-state index contributed by atoms with van der Waals surface area (Å²) in [6, 6.07) is 11.7. The molecule has 1 aliphatic heterocycles. The van der Waals surface area contributed by atoms with E-state index in [1.807, 2.05) is 43.4 Å². The second-order valence-electron chi connectivity index (χ2n) is 5.71. The summed E-state index contributed by atoms with van der Waals surface area (Å²) in [5.41, 5.74) is 2.92. The summed E-state index contributed by atoms with van der Waals surface area (Å²) in [5.74, 6) is 1.63. The van der Waals surface area contributed by atoms with Crippen molar-refractivity contribution in [3.8, 4) is 17.2 Å². The summed E-state index contributed by atoms with van der Waals surface area (Å²) in [5, 5.41) is 0. The van der Waals surface area contributed by atoms with Crippen LogP contribution in [0.4, 0.5) is 5.69 Å². The molecule has 0 spiro atoms. The molecule has 1 atom stereocenters. The van der Waals surface area contributed by atoms with Crippen LogP contribution >= 0.6 is 0 Å². The zero-order valence-corrected chi connectivity index (χ0v) is 14.3. The lowest BCUT2D eigenvalue weighted by atomic mass is 9.92. The lowest BCUT2D eigenvalue weighted by molar-refractivity contribution is -0.119. The molecule has 0 radical (unpaired) electrons. The van der Waals surface area contributed by atoms with E-state index >= 15 is 0 Å². The normalized spacial score (nSPS) is 16.1. The van der Waals surface area contributed by atoms with E-state index < -0.39 is 0 Å². The van der Waals surface area contributed by atoms with E-state index in [2.05, 4.69) is 0 Å². The van der Waals surface area contributed by atoms with Crippen LogP contribution in [0.5, 0.6) is 17.2 Å². The molecule has 24 heavy (non-hydrogen) atoms. The first-order valence-electron chi connectivity index (χ1n) is 7.76. The van der Waals surface area contributed by atoms with Gasteiger partial charge in [-0.25, -0.2) is 0 Å². The maximum Gasteiger partial charge on any atom is 0.234 e. The number of methoxy groups -OCH3 is 3. The van der Waals surface area contributed by atoms with Crippen LogP contribution in [0, 0.1) is 0 Å². The average Bonchev–Trinajstić information content (AvgIpc) is 2.86. The first kappa shape index (κ1) is 16.2. The van der Waals surface area contributed by atoms with E-state index in [0.29, 0.717) is 23.7 Å². The predicted molar refractivity (Wildman–Crippen MR) is 92.4 cm³/mol. The monoisotopic (exact) mass is 327 g/mol. The van der Waals surface area contributed by atoms with Gasteiger partial charge in [-0.05, 0) is 29.7 Å². The van der Waals surface area contributed by atoms with Gasteiger partial charge in [0, 0.05) is 12.7 Å². The minimum atomic E-state index is -0.224. The molecule has 2 aromatic rings. The number of carbonyl (C=O) groups is 1. The van der Waals surface area contributed by atoms with Gasteiger partial charge in [0.2, 0.25) is 11.7 Å². The van der Waals surface area contributed by atoms with Gasteiger partial charge in [-0.1, -0.05) is 24.3 Å². The highest BCUT2D eigenvalue weighted by Crippen LogP contribution is 2.44. The molecule has 0 aliphatic carbocycles. The Labute approximate surface area is 141 Å². The van der Waals surface area contributed by atoms with Crippen LogP contribution in [0.15, 0.2) is 36.4 Å². The fourth-order valence-electron chi connectivity index (χ4n) is 3.31. The van der Waals surface area contributed by atoms with Crippen LogP contribution in [0.2, 0.25) is 0 Å². The van der Waals surface area contributed by atoms with Gasteiger partial charge in [0.15, 0.2) is 11.5 Å². The van der Waals surface area contributed by atoms with Gasteiger partial charge in [0.05, 0.1) is 27.2 Å². The molecule has 126 valence electrons. The smallest absolute Gasteiger partial charge is 0.234 e. The van der Waals surface area contributed by atoms with Crippen molar-refractivity contribution in [1.82, 2.24) is 0 Å². The molecular formula is C19H21NO4. The lowest BCUT2D eigenvalue weighted by Gasteiger charge is -2.17. The number of amides is 1. The standard InChI is InChI=1S/C19H21NO4/c1-20-15-8-6-5-7-13(15)14(19(20)21)11-12-9-10-16(22-2)18(24-4)17(12)23-3/h5-10,14H,11H2,1-4H3/t14-/m0/s1. The Morgan fingerprint density at radius 2 is 1.67 bits per heavy atom. The fraction of sp³-hybridized carbons (Fsp3) is 0.316.